The molecule has 4 aromatic rings. The number of carbonyl (C=O) groups is 1. The monoisotopic (exact) mass is 447 g/mol. The van der Waals surface area contributed by atoms with Crippen LogP contribution < -0.4 is 10.1 Å². The minimum atomic E-state index is -0.0687. The number of fused-ring (bicyclic) bond motifs is 1. The van der Waals surface area contributed by atoms with Crippen molar-refractivity contribution < 1.29 is 9.53 Å². The summed E-state index contributed by atoms with van der Waals surface area (Å²) in [6, 6.07) is 23.2. The number of carbonyl (C=O) groups excluding carboxylic acids is 1. The van der Waals surface area contributed by atoms with Gasteiger partial charge in [-0.15, -0.1) is 0 Å². The van der Waals surface area contributed by atoms with Crippen LogP contribution in [0.5, 0.6) is 5.75 Å². The summed E-state index contributed by atoms with van der Waals surface area (Å²) >= 11 is 6.17. The van der Waals surface area contributed by atoms with E-state index >= 15 is 0 Å². The van der Waals surface area contributed by atoms with Crippen molar-refractivity contribution in [3.63, 3.8) is 0 Å². The number of imidazole rings is 1. The van der Waals surface area contributed by atoms with Gasteiger partial charge in [-0.05, 0) is 49.7 Å². The standard InChI is InChI=1S/C26H26ClN3O2/c1-19-11-13-20(14-12-19)26(31)28-16-15-25-29-22-8-3-4-9-23(22)30(25)17-6-18-32-24-10-5-2-7-21(24)27/h2-5,7-14H,6,15-18H2,1H3,(H,28,31). The van der Waals surface area contributed by atoms with Crippen molar-refractivity contribution in [1.82, 2.24) is 14.9 Å². The predicted molar refractivity (Wildman–Crippen MR) is 129 cm³/mol. The summed E-state index contributed by atoms with van der Waals surface area (Å²) in [5, 5.41) is 3.62. The molecule has 0 bridgehead atoms. The predicted octanol–water partition coefficient (Wildman–Crippen LogP) is 5.44. The molecule has 32 heavy (non-hydrogen) atoms. The van der Waals surface area contributed by atoms with E-state index < -0.39 is 0 Å². The van der Waals surface area contributed by atoms with Crippen molar-refractivity contribution in [3.8, 4) is 5.75 Å². The van der Waals surface area contributed by atoms with Gasteiger partial charge in [-0.1, -0.05) is 53.6 Å². The molecule has 0 radical (unpaired) electrons. The van der Waals surface area contributed by atoms with Crippen molar-refractivity contribution in [2.75, 3.05) is 13.2 Å². The molecular weight excluding hydrogens is 422 g/mol. The van der Waals surface area contributed by atoms with Crippen molar-refractivity contribution in [2.45, 2.75) is 26.3 Å². The molecule has 3 aromatic carbocycles. The van der Waals surface area contributed by atoms with Gasteiger partial charge >= 0.3 is 0 Å². The Hall–Kier alpha value is -3.31. The lowest BCUT2D eigenvalue weighted by Gasteiger charge is -2.11. The largest absolute Gasteiger partial charge is 0.492 e. The molecule has 6 heteroatoms. The van der Waals surface area contributed by atoms with Gasteiger partial charge in [-0.3, -0.25) is 4.79 Å². The fourth-order valence-corrected chi connectivity index (χ4v) is 3.82. The van der Waals surface area contributed by atoms with Gasteiger partial charge in [0.2, 0.25) is 0 Å². The summed E-state index contributed by atoms with van der Waals surface area (Å²) < 4.78 is 8.05. The molecule has 1 heterocycles. The zero-order chi connectivity index (χ0) is 22.3. The Kier molecular flexibility index (Phi) is 7.07. The van der Waals surface area contributed by atoms with Crippen molar-refractivity contribution in [1.29, 1.82) is 0 Å². The van der Waals surface area contributed by atoms with Crippen LogP contribution in [0, 0.1) is 6.92 Å². The quantitative estimate of drug-likeness (QED) is 0.347. The van der Waals surface area contributed by atoms with Gasteiger partial charge in [0, 0.05) is 25.1 Å². The van der Waals surface area contributed by atoms with E-state index in [9.17, 15) is 4.79 Å². The summed E-state index contributed by atoms with van der Waals surface area (Å²) in [5.41, 5.74) is 3.85. The fraction of sp³-hybridized carbons (Fsp3) is 0.231. The highest BCUT2D eigenvalue weighted by Gasteiger charge is 2.12. The van der Waals surface area contributed by atoms with Gasteiger partial charge in [0.25, 0.3) is 5.91 Å². The topological polar surface area (TPSA) is 56.2 Å². The summed E-state index contributed by atoms with van der Waals surface area (Å²) in [7, 11) is 0. The van der Waals surface area contributed by atoms with Crippen LogP contribution in [0.25, 0.3) is 11.0 Å². The van der Waals surface area contributed by atoms with E-state index in [1.54, 1.807) is 0 Å². The number of halogens is 1. The van der Waals surface area contributed by atoms with Gasteiger partial charge in [-0.25, -0.2) is 4.98 Å². The number of para-hydroxylation sites is 3. The van der Waals surface area contributed by atoms with E-state index in [1.807, 2.05) is 73.7 Å². The average Bonchev–Trinajstić information content (AvgIpc) is 3.15. The van der Waals surface area contributed by atoms with Crippen LogP contribution in [-0.4, -0.2) is 28.6 Å². The number of amides is 1. The Morgan fingerprint density at radius 3 is 2.59 bits per heavy atom. The molecule has 0 saturated heterocycles. The van der Waals surface area contributed by atoms with E-state index in [0.29, 0.717) is 35.9 Å². The Bertz CT molecular complexity index is 1200. The van der Waals surface area contributed by atoms with Crippen LogP contribution in [-0.2, 0) is 13.0 Å². The number of benzene rings is 3. The summed E-state index contributed by atoms with van der Waals surface area (Å²) in [5.74, 6) is 1.58. The van der Waals surface area contributed by atoms with E-state index in [1.165, 1.54) is 0 Å². The second-order valence-electron chi connectivity index (χ2n) is 7.67. The maximum atomic E-state index is 12.4. The third kappa shape index (κ3) is 5.29. The first-order valence-corrected chi connectivity index (χ1v) is 11.2. The number of hydrogen-bond acceptors (Lipinski definition) is 3. The number of nitrogens with one attached hydrogen (secondary N) is 1. The Morgan fingerprint density at radius 1 is 1.03 bits per heavy atom. The number of aryl methyl sites for hydroxylation is 2. The van der Waals surface area contributed by atoms with Gasteiger partial charge < -0.3 is 14.6 Å². The van der Waals surface area contributed by atoms with Crippen LogP contribution in [0.1, 0.15) is 28.2 Å². The van der Waals surface area contributed by atoms with Crippen molar-refractivity contribution in [3.05, 3.63) is 94.8 Å². The molecule has 0 spiro atoms. The van der Waals surface area contributed by atoms with E-state index in [2.05, 4.69) is 16.0 Å². The first kappa shape index (κ1) is 21.9. The van der Waals surface area contributed by atoms with Gasteiger partial charge in [0.05, 0.1) is 22.7 Å². The van der Waals surface area contributed by atoms with Crippen molar-refractivity contribution >= 4 is 28.5 Å². The van der Waals surface area contributed by atoms with Crippen LogP contribution in [0.4, 0.5) is 0 Å². The fourth-order valence-electron chi connectivity index (χ4n) is 3.63. The second-order valence-corrected chi connectivity index (χ2v) is 8.08. The molecule has 0 aliphatic rings. The Morgan fingerprint density at radius 2 is 1.78 bits per heavy atom. The number of hydrogen-bond donors (Lipinski definition) is 1. The minimum absolute atomic E-state index is 0.0687. The lowest BCUT2D eigenvalue weighted by atomic mass is 10.1. The van der Waals surface area contributed by atoms with Crippen molar-refractivity contribution in [2.24, 2.45) is 0 Å². The number of aromatic nitrogens is 2. The molecule has 1 N–H and O–H groups in total. The maximum absolute atomic E-state index is 12.4. The minimum Gasteiger partial charge on any atom is -0.492 e. The van der Waals surface area contributed by atoms with Crippen LogP contribution in [0.3, 0.4) is 0 Å². The average molecular weight is 448 g/mol. The first-order chi connectivity index (χ1) is 15.6. The molecule has 0 aliphatic carbocycles. The van der Waals surface area contributed by atoms with E-state index in [-0.39, 0.29) is 5.91 Å². The normalized spacial score (nSPS) is 10.9. The molecule has 1 aromatic heterocycles. The molecule has 0 aliphatic heterocycles. The van der Waals surface area contributed by atoms with Crippen LogP contribution in [0.15, 0.2) is 72.8 Å². The Labute approximate surface area is 193 Å². The van der Waals surface area contributed by atoms with E-state index in [4.69, 9.17) is 21.3 Å². The van der Waals surface area contributed by atoms with Gasteiger partial charge in [-0.2, -0.15) is 0 Å². The zero-order valence-electron chi connectivity index (χ0n) is 18.1. The molecule has 4 rings (SSSR count). The molecule has 0 fully saturated rings. The third-order valence-electron chi connectivity index (χ3n) is 5.30. The molecule has 1 amide bonds. The third-order valence-corrected chi connectivity index (χ3v) is 5.61. The summed E-state index contributed by atoms with van der Waals surface area (Å²) in [6.45, 7) is 3.85. The number of rotatable bonds is 9. The second kappa shape index (κ2) is 10.3. The first-order valence-electron chi connectivity index (χ1n) is 10.8. The molecule has 0 atom stereocenters. The molecule has 0 saturated carbocycles. The molecule has 164 valence electrons. The van der Waals surface area contributed by atoms with Crippen LogP contribution in [0.2, 0.25) is 5.02 Å². The Balaban J connectivity index is 1.38. The summed E-state index contributed by atoms with van der Waals surface area (Å²) in [6.07, 6.45) is 1.46. The maximum Gasteiger partial charge on any atom is 0.251 e. The molecule has 5 nitrogen and oxygen atoms in total. The van der Waals surface area contributed by atoms with E-state index in [0.717, 1.165) is 35.4 Å². The SMILES string of the molecule is Cc1ccc(C(=O)NCCc2nc3ccccc3n2CCCOc2ccccc2Cl)cc1. The molecular formula is C26H26ClN3O2. The highest BCUT2D eigenvalue weighted by atomic mass is 35.5. The zero-order valence-corrected chi connectivity index (χ0v) is 18.8. The van der Waals surface area contributed by atoms with Gasteiger partial charge in [0.15, 0.2) is 0 Å². The summed E-state index contributed by atoms with van der Waals surface area (Å²) in [4.78, 5) is 17.2. The highest BCUT2D eigenvalue weighted by molar-refractivity contribution is 6.32. The number of ether oxygens (including phenoxy) is 1. The van der Waals surface area contributed by atoms with Crippen LogP contribution >= 0.6 is 11.6 Å². The molecule has 0 unspecified atom stereocenters. The number of nitrogens with zero attached hydrogens (tertiary/aromatic N) is 2. The lowest BCUT2D eigenvalue weighted by Crippen LogP contribution is -2.26. The smallest absolute Gasteiger partial charge is 0.251 e. The lowest BCUT2D eigenvalue weighted by molar-refractivity contribution is 0.0954. The van der Waals surface area contributed by atoms with Gasteiger partial charge in [0.1, 0.15) is 11.6 Å². The highest BCUT2D eigenvalue weighted by Crippen LogP contribution is 2.23.